The Morgan fingerprint density at radius 3 is 2.50 bits per heavy atom. The molecular weight excluding hydrogens is 406 g/mol. The number of hydrogen-bond acceptors (Lipinski definition) is 7. The van der Waals surface area contributed by atoms with Gasteiger partial charge in [-0.3, -0.25) is 14.3 Å². The van der Waals surface area contributed by atoms with Crippen LogP contribution in [0.15, 0.2) is 35.1 Å². The van der Waals surface area contributed by atoms with Crippen molar-refractivity contribution in [3.05, 3.63) is 57.6 Å². The van der Waals surface area contributed by atoms with Crippen molar-refractivity contribution in [3.63, 3.8) is 0 Å². The number of esters is 1. The molecule has 158 valence electrons. The Morgan fingerprint density at radius 2 is 1.87 bits per heavy atom. The van der Waals surface area contributed by atoms with Crippen LogP contribution in [0.2, 0.25) is 0 Å². The molecule has 0 spiro atoms. The average Bonchev–Trinajstić information content (AvgIpc) is 3.21. The van der Waals surface area contributed by atoms with Gasteiger partial charge in [0.2, 0.25) is 0 Å². The van der Waals surface area contributed by atoms with Crippen molar-refractivity contribution < 1.29 is 14.3 Å². The maximum absolute atomic E-state index is 12.9. The van der Waals surface area contributed by atoms with Crippen molar-refractivity contribution in [1.29, 1.82) is 0 Å². The summed E-state index contributed by atoms with van der Waals surface area (Å²) in [6.45, 7) is 4.88. The van der Waals surface area contributed by atoms with E-state index in [1.165, 1.54) is 11.6 Å². The first kappa shape index (κ1) is 21.3. The second-order valence-electron chi connectivity index (χ2n) is 6.70. The van der Waals surface area contributed by atoms with Crippen LogP contribution in [0.25, 0.3) is 5.69 Å². The van der Waals surface area contributed by atoms with Crippen molar-refractivity contribution in [1.82, 2.24) is 13.7 Å². The molecule has 0 aliphatic carbocycles. The molecule has 9 nitrogen and oxygen atoms in total. The number of nitrogens with zero attached hydrogens (tertiary/aromatic N) is 3. The number of carbonyl (C=O) groups is 2. The number of para-hydroxylation sites is 1. The molecule has 3 aromatic rings. The summed E-state index contributed by atoms with van der Waals surface area (Å²) in [5.41, 5.74) is 1.83. The Kier molecular flexibility index (Phi) is 6.06. The van der Waals surface area contributed by atoms with E-state index in [0.717, 1.165) is 11.5 Å². The normalized spacial score (nSPS) is 11.8. The summed E-state index contributed by atoms with van der Waals surface area (Å²) >= 11 is 1.14. The topological polar surface area (TPSA) is 107 Å². The first-order chi connectivity index (χ1) is 14.3. The van der Waals surface area contributed by atoms with Gasteiger partial charge in [-0.1, -0.05) is 18.2 Å². The number of benzene rings is 1. The van der Waals surface area contributed by atoms with E-state index in [1.807, 2.05) is 18.2 Å². The number of aromatic nitrogens is 3. The largest absolute Gasteiger partial charge is 0.449 e. The second kappa shape index (κ2) is 8.54. The van der Waals surface area contributed by atoms with E-state index >= 15 is 0 Å². The predicted octanol–water partition coefficient (Wildman–Crippen LogP) is 2.48. The van der Waals surface area contributed by atoms with Crippen LogP contribution in [-0.4, -0.2) is 38.8 Å². The number of aryl methyl sites for hydroxylation is 1. The molecular formula is C20H23N5O4S. The molecule has 1 aromatic carbocycles. The van der Waals surface area contributed by atoms with E-state index in [0.29, 0.717) is 27.6 Å². The number of ether oxygens (including phenoxy) is 1. The third-order valence-corrected chi connectivity index (χ3v) is 5.71. The molecule has 2 aromatic heterocycles. The highest BCUT2D eigenvalue weighted by Crippen LogP contribution is 2.25. The molecule has 1 amide bonds. The number of hydrogen-bond donors (Lipinski definition) is 2. The van der Waals surface area contributed by atoms with E-state index in [1.54, 1.807) is 44.8 Å². The Balaban J connectivity index is 1.80. The number of carbonyl (C=O) groups excluding carboxylic acids is 2. The van der Waals surface area contributed by atoms with Gasteiger partial charge in [0.25, 0.3) is 11.5 Å². The molecule has 1 atom stereocenters. The molecule has 2 N–H and O–H groups in total. The fourth-order valence-corrected chi connectivity index (χ4v) is 3.72. The quantitative estimate of drug-likeness (QED) is 0.583. The lowest BCUT2D eigenvalue weighted by atomic mass is 10.2. The maximum atomic E-state index is 12.9. The highest BCUT2D eigenvalue weighted by atomic mass is 32.1. The van der Waals surface area contributed by atoms with Gasteiger partial charge in [-0.05, 0) is 44.4 Å². The van der Waals surface area contributed by atoms with Gasteiger partial charge in [0.1, 0.15) is 16.3 Å². The average molecular weight is 430 g/mol. The summed E-state index contributed by atoms with van der Waals surface area (Å²) in [7, 11) is 3.41. The highest BCUT2D eigenvalue weighted by molar-refractivity contribution is 7.10. The van der Waals surface area contributed by atoms with Crippen molar-refractivity contribution in [2.24, 2.45) is 7.05 Å². The SMILES string of the molecule is CNc1snc(C)c1C(=O)OC(C)C(=O)Nc1c(C)n(C)n(-c2ccccc2)c1=O. The zero-order chi connectivity index (χ0) is 22.0. The minimum atomic E-state index is -1.11. The Hall–Kier alpha value is -3.40. The van der Waals surface area contributed by atoms with E-state index in [-0.39, 0.29) is 11.2 Å². The molecule has 0 radical (unpaired) electrons. The van der Waals surface area contributed by atoms with Crippen LogP contribution in [-0.2, 0) is 16.6 Å². The third-order valence-electron chi connectivity index (χ3n) is 4.75. The van der Waals surface area contributed by atoms with Gasteiger partial charge in [0.05, 0.1) is 17.1 Å². The van der Waals surface area contributed by atoms with Crippen LogP contribution < -0.4 is 16.2 Å². The molecule has 0 aliphatic rings. The summed E-state index contributed by atoms with van der Waals surface area (Å²) in [6.07, 6.45) is -1.11. The summed E-state index contributed by atoms with van der Waals surface area (Å²) < 4.78 is 12.6. The summed E-state index contributed by atoms with van der Waals surface area (Å²) in [4.78, 5) is 38.1. The Labute approximate surface area is 177 Å². The molecule has 2 heterocycles. The Bertz CT molecular complexity index is 1150. The minimum Gasteiger partial charge on any atom is -0.449 e. The van der Waals surface area contributed by atoms with Crippen LogP contribution in [0.5, 0.6) is 0 Å². The summed E-state index contributed by atoms with van der Waals surface area (Å²) in [6, 6.07) is 9.10. The first-order valence-electron chi connectivity index (χ1n) is 9.26. The van der Waals surface area contributed by atoms with E-state index < -0.39 is 18.0 Å². The zero-order valence-electron chi connectivity index (χ0n) is 17.3. The smallest absolute Gasteiger partial charge is 0.343 e. The van der Waals surface area contributed by atoms with Crippen LogP contribution in [0.3, 0.4) is 0 Å². The summed E-state index contributed by atoms with van der Waals surface area (Å²) in [5, 5.41) is 6.06. The van der Waals surface area contributed by atoms with Crippen LogP contribution >= 0.6 is 11.5 Å². The minimum absolute atomic E-state index is 0.138. The monoisotopic (exact) mass is 429 g/mol. The highest BCUT2D eigenvalue weighted by Gasteiger charge is 2.26. The van der Waals surface area contributed by atoms with Crippen LogP contribution in [0, 0.1) is 13.8 Å². The lowest BCUT2D eigenvalue weighted by Gasteiger charge is -2.13. The van der Waals surface area contributed by atoms with Gasteiger partial charge in [-0.2, -0.15) is 4.37 Å². The summed E-state index contributed by atoms with van der Waals surface area (Å²) in [5.74, 6) is -1.25. The molecule has 0 saturated carbocycles. The van der Waals surface area contributed by atoms with Crippen molar-refractivity contribution in [3.8, 4) is 5.69 Å². The fourth-order valence-electron chi connectivity index (χ4n) is 2.99. The molecule has 0 aliphatic heterocycles. The van der Waals surface area contributed by atoms with Crippen molar-refractivity contribution in [2.45, 2.75) is 26.9 Å². The number of amides is 1. The molecule has 0 saturated heterocycles. The van der Waals surface area contributed by atoms with Gasteiger partial charge >= 0.3 is 5.97 Å². The Morgan fingerprint density at radius 1 is 1.20 bits per heavy atom. The molecule has 1 unspecified atom stereocenters. The van der Waals surface area contributed by atoms with Gasteiger partial charge in [-0.15, -0.1) is 0 Å². The molecule has 10 heteroatoms. The standard InChI is InChI=1S/C20H23N5O4S/c1-11-15(18(21-4)30-23-11)20(28)29-13(3)17(26)22-16-12(2)24(5)25(19(16)27)14-9-7-6-8-10-14/h6-10,13,21H,1-5H3,(H,22,26). The first-order valence-corrected chi connectivity index (χ1v) is 10.0. The van der Waals surface area contributed by atoms with E-state index in [4.69, 9.17) is 4.74 Å². The van der Waals surface area contributed by atoms with Gasteiger partial charge < -0.3 is 15.4 Å². The van der Waals surface area contributed by atoms with E-state index in [2.05, 4.69) is 15.0 Å². The third kappa shape index (κ3) is 3.86. The number of rotatable bonds is 6. The lowest BCUT2D eigenvalue weighted by molar-refractivity contribution is -0.123. The number of nitrogens with one attached hydrogen (secondary N) is 2. The van der Waals surface area contributed by atoms with Crippen molar-refractivity contribution in [2.75, 3.05) is 17.7 Å². The predicted molar refractivity (Wildman–Crippen MR) is 116 cm³/mol. The number of anilines is 2. The molecule has 0 bridgehead atoms. The van der Waals surface area contributed by atoms with Gasteiger partial charge in [0, 0.05) is 14.1 Å². The zero-order valence-corrected chi connectivity index (χ0v) is 18.2. The maximum Gasteiger partial charge on any atom is 0.343 e. The van der Waals surface area contributed by atoms with Crippen molar-refractivity contribution >= 4 is 34.1 Å². The molecule has 0 fully saturated rings. The van der Waals surface area contributed by atoms with Crippen LogP contribution in [0.1, 0.15) is 28.7 Å². The van der Waals surface area contributed by atoms with Gasteiger partial charge in [0.15, 0.2) is 6.10 Å². The van der Waals surface area contributed by atoms with Gasteiger partial charge in [-0.25, -0.2) is 9.48 Å². The lowest BCUT2D eigenvalue weighted by Crippen LogP contribution is -2.32. The second-order valence-corrected chi connectivity index (χ2v) is 7.47. The van der Waals surface area contributed by atoms with Crippen LogP contribution in [0.4, 0.5) is 10.7 Å². The molecule has 3 rings (SSSR count). The molecule has 30 heavy (non-hydrogen) atoms. The van der Waals surface area contributed by atoms with E-state index in [9.17, 15) is 14.4 Å². The fraction of sp³-hybridized carbons (Fsp3) is 0.300.